The zero-order valence-electron chi connectivity index (χ0n) is 50.0. The Morgan fingerprint density at radius 3 is 0.904 bits per heavy atom. The molecule has 0 saturated carbocycles. The van der Waals surface area contributed by atoms with E-state index in [9.17, 15) is 10.5 Å². The third kappa shape index (κ3) is 10.3. The molecule has 0 N–H and O–H groups in total. The summed E-state index contributed by atoms with van der Waals surface area (Å²) in [7, 11) is 0. The molecule has 0 atom stereocenters. The summed E-state index contributed by atoms with van der Waals surface area (Å²) in [5.74, 6) is 0. The number of fused-ring (bicyclic) bond motifs is 6. The lowest BCUT2D eigenvalue weighted by Gasteiger charge is -2.20. The molecule has 442 valence electrons. The summed E-state index contributed by atoms with van der Waals surface area (Å²) in [6.07, 6.45) is -4.84. The molecule has 6 heterocycles. The minimum Gasteiger partial charge on any atom is -0.309 e. The molecule has 94 heavy (non-hydrogen) atoms. The molecular weight excluding hydrogens is 1170 g/mol. The van der Waals surface area contributed by atoms with E-state index in [2.05, 4.69) is 42.5 Å². The number of nitriles is 2. The van der Waals surface area contributed by atoms with E-state index in [1.54, 1.807) is 6.07 Å². The van der Waals surface area contributed by atoms with Gasteiger partial charge in [0.05, 0.1) is 102 Å². The second kappa shape index (κ2) is 23.2. The Morgan fingerprint density at radius 2 is 0.596 bits per heavy atom. The number of rotatable bonds is 11. The van der Waals surface area contributed by atoms with Crippen LogP contribution in [0.2, 0.25) is 0 Å². The van der Waals surface area contributed by atoms with Gasteiger partial charge in [-0.3, -0.25) is 0 Å². The summed E-state index contributed by atoms with van der Waals surface area (Å²) in [5.41, 5.74) is 15.9. The summed E-state index contributed by atoms with van der Waals surface area (Å²) in [4.78, 5) is 20.7. The Kier molecular flexibility index (Phi) is 13.9. The van der Waals surface area contributed by atoms with Gasteiger partial charge >= 0.3 is 6.18 Å². The first-order valence-corrected chi connectivity index (χ1v) is 30.6. The number of nitrogens with zero attached hydrogens (tertiary/aromatic N) is 8. The molecular formula is C83H49F3N8. The Balaban J connectivity index is 0.994. The lowest BCUT2D eigenvalue weighted by Crippen LogP contribution is -2.07. The predicted octanol–water partition coefficient (Wildman–Crippen LogP) is 21.2. The van der Waals surface area contributed by atoms with Gasteiger partial charge in [-0.25, -0.2) is 19.9 Å². The first kappa shape index (κ1) is 56.4. The Bertz CT molecular complexity index is 5470. The standard InChI is InChI=1S/C83H49F3N8/c84-83(85,86)63-42-52(50-87)41-61(43-63)68-49-77(93-78-44-57(73-29-13-25-69(89-73)53-17-5-1-6-18-53)33-37-64(78)65-38-34-58(45-79(65)93)74-30-14-26-70(90-74)54-19-7-2-8-20-54)62(51-88)48-82(68)94-80-46-59(75-31-15-27-71(91-75)55-21-9-3-10-22-55)35-39-66(80)67-40-36-60(47-81(67)94)76-32-16-28-72(92-76)56-23-11-4-12-24-56/h1-49H. The van der Waals surface area contributed by atoms with E-state index in [1.165, 1.54) is 6.07 Å². The van der Waals surface area contributed by atoms with Gasteiger partial charge in [0, 0.05) is 71.6 Å². The van der Waals surface area contributed by atoms with Gasteiger partial charge in [0.1, 0.15) is 6.07 Å². The smallest absolute Gasteiger partial charge is 0.309 e. The average Bonchev–Trinajstić information content (AvgIpc) is 1.55. The van der Waals surface area contributed by atoms with Crippen LogP contribution in [0, 0.1) is 22.7 Å². The van der Waals surface area contributed by atoms with E-state index in [0.717, 1.165) is 101 Å². The highest BCUT2D eigenvalue weighted by Gasteiger charge is 2.32. The van der Waals surface area contributed by atoms with Crippen molar-refractivity contribution in [2.24, 2.45) is 0 Å². The third-order valence-electron chi connectivity index (χ3n) is 17.4. The first-order valence-electron chi connectivity index (χ1n) is 30.6. The highest BCUT2D eigenvalue weighted by molar-refractivity contribution is 6.13. The summed E-state index contributed by atoms with van der Waals surface area (Å²) < 4.78 is 50.4. The van der Waals surface area contributed by atoms with Crippen molar-refractivity contribution in [2.45, 2.75) is 6.18 Å². The van der Waals surface area contributed by atoms with Gasteiger partial charge in [-0.1, -0.05) is 194 Å². The zero-order chi connectivity index (χ0) is 63.4. The molecule has 0 radical (unpaired) electrons. The summed E-state index contributed by atoms with van der Waals surface area (Å²) in [5, 5.41) is 26.0. The van der Waals surface area contributed by atoms with Crippen molar-refractivity contribution < 1.29 is 13.2 Å². The summed E-state index contributed by atoms with van der Waals surface area (Å²) >= 11 is 0. The quantitative estimate of drug-likeness (QED) is 0.128. The monoisotopic (exact) mass is 1210 g/mol. The van der Waals surface area contributed by atoms with Crippen molar-refractivity contribution in [2.75, 3.05) is 0 Å². The van der Waals surface area contributed by atoms with Crippen LogP contribution in [0.1, 0.15) is 16.7 Å². The summed E-state index contributed by atoms with van der Waals surface area (Å²) in [6, 6.07) is 99.7. The molecule has 16 aromatic rings. The van der Waals surface area contributed by atoms with E-state index < -0.39 is 11.7 Å². The molecule has 0 bridgehead atoms. The SMILES string of the molecule is N#Cc1cc(-c2cc(-n3c4cc(-c5cccc(-c6ccccc6)n5)ccc4c4ccc(-c5cccc(-c6ccccc6)n5)cc43)c(C#N)cc2-n2c3cc(-c4cccc(-c5ccccc5)n4)ccc3c3ccc(-c4cccc(-c5ccccc5)n4)cc32)cc(C(F)(F)F)c1. The van der Waals surface area contributed by atoms with Gasteiger partial charge in [-0.05, 0) is 109 Å². The number of pyridine rings is 4. The summed E-state index contributed by atoms with van der Waals surface area (Å²) in [6.45, 7) is 0. The normalized spacial score (nSPS) is 11.5. The van der Waals surface area contributed by atoms with E-state index >= 15 is 13.2 Å². The molecule has 6 aromatic heterocycles. The molecule has 16 rings (SSSR count). The molecule has 8 nitrogen and oxygen atoms in total. The fourth-order valence-electron chi connectivity index (χ4n) is 12.9. The fraction of sp³-hybridized carbons (Fsp3) is 0.0120. The van der Waals surface area contributed by atoms with Crippen LogP contribution in [0.25, 0.3) is 156 Å². The Morgan fingerprint density at radius 1 is 0.277 bits per heavy atom. The average molecular weight is 1220 g/mol. The van der Waals surface area contributed by atoms with Gasteiger partial charge in [-0.2, -0.15) is 23.7 Å². The maximum atomic E-state index is 15.5. The van der Waals surface area contributed by atoms with Crippen molar-refractivity contribution in [3.05, 3.63) is 314 Å². The van der Waals surface area contributed by atoms with Crippen LogP contribution < -0.4 is 0 Å². The van der Waals surface area contributed by atoms with Crippen LogP contribution in [0.4, 0.5) is 13.2 Å². The molecule has 0 aliphatic carbocycles. The third-order valence-corrected chi connectivity index (χ3v) is 17.4. The van der Waals surface area contributed by atoms with Crippen molar-refractivity contribution in [1.82, 2.24) is 29.1 Å². The van der Waals surface area contributed by atoms with Crippen LogP contribution in [0.15, 0.2) is 297 Å². The number of benzene rings is 10. The first-order chi connectivity index (χ1) is 46.1. The maximum absolute atomic E-state index is 15.5. The van der Waals surface area contributed by atoms with Crippen LogP contribution in [0.3, 0.4) is 0 Å². The largest absolute Gasteiger partial charge is 0.416 e. The van der Waals surface area contributed by atoms with Crippen LogP contribution in [0.5, 0.6) is 0 Å². The zero-order valence-corrected chi connectivity index (χ0v) is 50.0. The van der Waals surface area contributed by atoms with Gasteiger partial charge in [0.25, 0.3) is 0 Å². The van der Waals surface area contributed by atoms with Crippen LogP contribution in [-0.4, -0.2) is 29.1 Å². The molecule has 0 saturated heterocycles. The molecule has 0 spiro atoms. The minimum atomic E-state index is -4.84. The molecule has 0 unspecified atom stereocenters. The lowest BCUT2D eigenvalue weighted by atomic mass is 9.95. The molecule has 11 heteroatoms. The molecule has 10 aromatic carbocycles. The van der Waals surface area contributed by atoms with Crippen molar-refractivity contribution in [3.63, 3.8) is 0 Å². The fourth-order valence-corrected chi connectivity index (χ4v) is 12.9. The van der Waals surface area contributed by atoms with Crippen molar-refractivity contribution in [3.8, 4) is 125 Å². The number of hydrogen-bond donors (Lipinski definition) is 0. The lowest BCUT2D eigenvalue weighted by molar-refractivity contribution is -0.137. The highest BCUT2D eigenvalue weighted by Crippen LogP contribution is 2.45. The number of hydrogen-bond acceptors (Lipinski definition) is 6. The highest BCUT2D eigenvalue weighted by atomic mass is 19.4. The Labute approximate surface area is 538 Å². The van der Waals surface area contributed by atoms with E-state index in [1.807, 2.05) is 252 Å². The van der Waals surface area contributed by atoms with Gasteiger partial charge in [0.2, 0.25) is 0 Å². The van der Waals surface area contributed by atoms with Gasteiger partial charge < -0.3 is 9.13 Å². The minimum absolute atomic E-state index is 0.106. The number of aromatic nitrogens is 6. The number of alkyl halides is 3. The van der Waals surface area contributed by atoms with Gasteiger partial charge in [-0.15, -0.1) is 0 Å². The maximum Gasteiger partial charge on any atom is 0.416 e. The second-order valence-corrected chi connectivity index (χ2v) is 23.1. The Hall–Kier alpha value is -12.8. The molecule has 0 amide bonds. The molecule has 0 aliphatic rings. The predicted molar refractivity (Wildman–Crippen MR) is 370 cm³/mol. The molecule has 0 aliphatic heterocycles. The van der Waals surface area contributed by atoms with E-state index in [-0.39, 0.29) is 16.7 Å². The van der Waals surface area contributed by atoms with E-state index in [0.29, 0.717) is 61.8 Å². The van der Waals surface area contributed by atoms with Crippen LogP contribution >= 0.6 is 0 Å². The van der Waals surface area contributed by atoms with Crippen molar-refractivity contribution in [1.29, 1.82) is 10.5 Å². The topological polar surface area (TPSA) is 109 Å². The number of halogens is 3. The molecule has 0 fully saturated rings. The van der Waals surface area contributed by atoms with Gasteiger partial charge in [0.15, 0.2) is 0 Å². The van der Waals surface area contributed by atoms with E-state index in [4.69, 9.17) is 19.9 Å². The van der Waals surface area contributed by atoms with Crippen molar-refractivity contribution >= 4 is 43.6 Å². The second-order valence-electron chi connectivity index (χ2n) is 23.1. The van der Waals surface area contributed by atoms with Crippen LogP contribution in [-0.2, 0) is 6.18 Å².